The van der Waals surface area contributed by atoms with Crippen LogP contribution in [0, 0.1) is 0 Å². The summed E-state index contributed by atoms with van der Waals surface area (Å²) in [5.41, 5.74) is 0. The molecule has 0 bridgehead atoms. The third kappa shape index (κ3) is 3.13. The fourth-order valence-corrected chi connectivity index (χ4v) is 3.56. The summed E-state index contributed by atoms with van der Waals surface area (Å²) >= 11 is 4.91. The normalized spacial score (nSPS) is 18.9. The van der Waals surface area contributed by atoms with E-state index in [1.807, 2.05) is 17.0 Å². The Bertz CT molecular complexity index is 413. The summed E-state index contributed by atoms with van der Waals surface area (Å²) in [4.78, 5) is 17.5. The summed E-state index contributed by atoms with van der Waals surface area (Å²) in [5, 5.41) is 0. The molecule has 0 N–H and O–H groups in total. The van der Waals surface area contributed by atoms with Gasteiger partial charge in [-0.2, -0.15) is 0 Å². The Hall–Kier alpha value is -0.390. The first-order chi connectivity index (χ1) is 8.61. The highest BCUT2D eigenvalue weighted by Crippen LogP contribution is 2.23. The van der Waals surface area contributed by atoms with Crippen LogP contribution in [0.4, 0.5) is 0 Å². The van der Waals surface area contributed by atoms with E-state index in [0.717, 1.165) is 34.8 Å². The van der Waals surface area contributed by atoms with E-state index < -0.39 is 0 Å². The van der Waals surface area contributed by atoms with Gasteiger partial charge in [-0.05, 0) is 41.4 Å². The molecule has 100 valence electrons. The summed E-state index contributed by atoms with van der Waals surface area (Å²) in [7, 11) is 0. The van der Waals surface area contributed by atoms with Gasteiger partial charge in [-0.1, -0.05) is 6.92 Å². The van der Waals surface area contributed by atoms with Gasteiger partial charge in [-0.25, -0.2) is 0 Å². The second-order valence-electron chi connectivity index (χ2n) is 4.69. The van der Waals surface area contributed by atoms with Crippen LogP contribution in [0.5, 0.6) is 0 Å². The number of hydrogen-bond donors (Lipinski definition) is 0. The van der Waals surface area contributed by atoms with Crippen molar-refractivity contribution in [3.05, 3.63) is 20.8 Å². The summed E-state index contributed by atoms with van der Waals surface area (Å²) in [6, 6.07) is 4.46. The highest BCUT2D eigenvalue weighted by Gasteiger charge is 2.24. The standard InChI is InChI=1S/C13H19BrN2OS/c1-3-10(2)15-6-8-16(9-7-15)13(17)11-4-5-12(14)18-11/h4-5,10H,3,6-9H2,1-2H3. The molecule has 0 radical (unpaired) electrons. The molecule has 1 atom stereocenters. The minimum atomic E-state index is 0.175. The van der Waals surface area contributed by atoms with Gasteiger partial charge in [-0.15, -0.1) is 11.3 Å². The van der Waals surface area contributed by atoms with Gasteiger partial charge in [0.15, 0.2) is 0 Å². The molecule has 5 heteroatoms. The first kappa shape index (κ1) is 14.0. The quantitative estimate of drug-likeness (QED) is 0.850. The second kappa shape index (κ2) is 6.17. The van der Waals surface area contributed by atoms with Crippen LogP contribution in [0.25, 0.3) is 0 Å². The van der Waals surface area contributed by atoms with Crippen molar-refractivity contribution in [2.24, 2.45) is 0 Å². The van der Waals surface area contributed by atoms with Crippen molar-refractivity contribution in [1.82, 2.24) is 9.80 Å². The van der Waals surface area contributed by atoms with Crippen molar-refractivity contribution in [2.45, 2.75) is 26.3 Å². The van der Waals surface area contributed by atoms with Crippen LogP contribution in [0.3, 0.4) is 0 Å². The fourth-order valence-electron chi connectivity index (χ4n) is 2.21. The van der Waals surface area contributed by atoms with Gasteiger partial charge in [0, 0.05) is 32.2 Å². The van der Waals surface area contributed by atoms with Crippen LogP contribution in [0.1, 0.15) is 29.9 Å². The van der Waals surface area contributed by atoms with Gasteiger partial charge in [-0.3, -0.25) is 9.69 Å². The molecule has 1 fully saturated rings. The lowest BCUT2D eigenvalue weighted by atomic mass is 10.2. The number of carbonyl (C=O) groups excluding carboxylic acids is 1. The molecule has 1 aliphatic heterocycles. The Morgan fingerprint density at radius 3 is 2.56 bits per heavy atom. The maximum atomic E-state index is 12.3. The lowest BCUT2D eigenvalue weighted by molar-refractivity contribution is 0.0584. The van der Waals surface area contributed by atoms with Gasteiger partial charge < -0.3 is 4.90 Å². The smallest absolute Gasteiger partial charge is 0.264 e. The first-order valence-corrected chi connectivity index (χ1v) is 8.01. The zero-order valence-electron chi connectivity index (χ0n) is 10.9. The van der Waals surface area contributed by atoms with Gasteiger partial charge >= 0.3 is 0 Å². The van der Waals surface area contributed by atoms with Crippen molar-refractivity contribution in [1.29, 1.82) is 0 Å². The average molecular weight is 331 g/mol. The predicted octanol–water partition coefficient (Wildman–Crippen LogP) is 3.07. The molecule has 0 saturated carbocycles. The number of amides is 1. The Balaban J connectivity index is 1.92. The molecular formula is C13H19BrN2OS. The minimum absolute atomic E-state index is 0.175. The molecule has 1 aliphatic rings. The molecule has 1 saturated heterocycles. The minimum Gasteiger partial charge on any atom is -0.335 e. The second-order valence-corrected chi connectivity index (χ2v) is 7.15. The van der Waals surface area contributed by atoms with E-state index in [1.165, 1.54) is 17.8 Å². The maximum absolute atomic E-state index is 12.3. The Morgan fingerprint density at radius 2 is 2.06 bits per heavy atom. The van der Waals surface area contributed by atoms with Crippen molar-refractivity contribution in [2.75, 3.05) is 26.2 Å². The number of halogens is 1. The molecule has 0 aromatic carbocycles. The predicted molar refractivity (Wildman–Crippen MR) is 79.2 cm³/mol. The highest BCUT2D eigenvalue weighted by atomic mass is 79.9. The zero-order chi connectivity index (χ0) is 13.1. The molecule has 1 unspecified atom stereocenters. The van der Waals surface area contributed by atoms with Crippen molar-refractivity contribution in [3.8, 4) is 0 Å². The number of hydrogen-bond acceptors (Lipinski definition) is 3. The van der Waals surface area contributed by atoms with Crippen LogP contribution < -0.4 is 0 Å². The van der Waals surface area contributed by atoms with Gasteiger partial charge in [0.05, 0.1) is 8.66 Å². The van der Waals surface area contributed by atoms with Crippen molar-refractivity contribution >= 4 is 33.2 Å². The van der Waals surface area contributed by atoms with Crippen LogP contribution in [0.15, 0.2) is 15.9 Å². The first-order valence-electron chi connectivity index (χ1n) is 6.40. The van der Waals surface area contributed by atoms with Crippen molar-refractivity contribution in [3.63, 3.8) is 0 Å². The van der Waals surface area contributed by atoms with E-state index in [4.69, 9.17) is 0 Å². The van der Waals surface area contributed by atoms with Crippen LogP contribution >= 0.6 is 27.3 Å². The molecule has 1 aromatic heterocycles. The lowest BCUT2D eigenvalue weighted by Crippen LogP contribution is -2.51. The summed E-state index contributed by atoms with van der Waals surface area (Å²) in [6.45, 7) is 8.15. The molecule has 0 aliphatic carbocycles. The summed E-state index contributed by atoms with van der Waals surface area (Å²) in [6.07, 6.45) is 1.17. The number of carbonyl (C=O) groups is 1. The largest absolute Gasteiger partial charge is 0.335 e. The van der Waals surface area contributed by atoms with Crippen LogP contribution in [-0.2, 0) is 0 Å². The van der Waals surface area contributed by atoms with Gasteiger partial charge in [0.1, 0.15) is 0 Å². The van der Waals surface area contributed by atoms with Crippen LogP contribution in [-0.4, -0.2) is 47.9 Å². The molecule has 1 amide bonds. The highest BCUT2D eigenvalue weighted by molar-refractivity contribution is 9.11. The number of rotatable bonds is 3. The van der Waals surface area contributed by atoms with Gasteiger partial charge in [0.25, 0.3) is 5.91 Å². The molecular weight excluding hydrogens is 312 g/mol. The zero-order valence-corrected chi connectivity index (χ0v) is 13.3. The molecule has 1 aromatic rings. The number of piperazine rings is 1. The Kier molecular flexibility index (Phi) is 4.81. The molecule has 3 nitrogen and oxygen atoms in total. The average Bonchev–Trinajstić information content (AvgIpc) is 2.84. The topological polar surface area (TPSA) is 23.6 Å². The number of nitrogens with zero attached hydrogens (tertiary/aromatic N) is 2. The SMILES string of the molecule is CCC(C)N1CCN(C(=O)c2ccc(Br)s2)CC1. The fraction of sp³-hybridized carbons (Fsp3) is 0.615. The van der Waals surface area contributed by atoms with E-state index in [0.29, 0.717) is 6.04 Å². The number of thiophene rings is 1. The summed E-state index contributed by atoms with van der Waals surface area (Å²) in [5.74, 6) is 0.175. The van der Waals surface area contributed by atoms with Crippen LogP contribution in [0.2, 0.25) is 0 Å². The van der Waals surface area contributed by atoms with E-state index in [9.17, 15) is 4.79 Å². The van der Waals surface area contributed by atoms with E-state index in [2.05, 4.69) is 34.7 Å². The molecule has 0 spiro atoms. The third-order valence-electron chi connectivity index (χ3n) is 3.60. The third-order valence-corrected chi connectivity index (χ3v) is 5.21. The van der Waals surface area contributed by atoms with Gasteiger partial charge in [0.2, 0.25) is 0 Å². The van der Waals surface area contributed by atoms with E-state index >= 15 is 0 Å². The molecule has 2 rings (SSSR count). The van der Waals surface area contributed by atoms with E-state index in [1.54, 1.807) is 0 Å². The monoisotopic (exact) mass is 330 g/mol. The Morgan fingerprint density at radius 1 is 1.39 bits per heavy atom. The van der Waals surface area contributed by atoms with Crippen molar-refractivity contribution < 1.29 is 4.79 Å². The Labute approximate surface area is 121 Å². The molecule has 2 heterocycles. The lowest BCUT2D eigenvalue weighted by Gasteiger charge is -2.37. The maximum Gasteiger partial charge on any atom is 0.264 e. The molecule has 18 heavy (non-hydrogen) atoms. The summed E-state index contributed by atoms with van der Waals surface area (Å²) < 4.78 is 1.02. The van der Waals surface area contributed by atoms with E-state index in [-0.39, 0.29) is 5.91 Å².